The minimum Gasteiger partial charge on any atom is -0.469 e. The maximum atomic E-state index is 6.49. The van der Waals surface area contributed by atoms with E-state index in [9.17, 15) is 0 Å². The lowest BCUT2D eigenvalue weighted by atomic mass is 9.89. The second-order valence-electron chi connectivity index (χ2n) is 11.8. The first-order valence-electron chi connectivity index (χ1n) is 15.8. The van der Waals surface area contributed by atoms with Crippen LogP contribution in [0.25, 0.3) is 67.3 Å². The van der Waals surface area contributed by atoms with Crippen LogP contribution in [0.2, 0.25) is 0 Å². The Morgan fingerprint density at radius 1 is 0.447 bits per heavy atom. The van der Waals surface area contributed by atoms with Gasteiger partial charge in [-0.3, -0.25) is 0 Å². The van der Waals surface area contributed by atoms with Gasteiger partial charge in [-0.05, 0) is 40.1 Å². The van der Waals surface area contributed by atoms with E-state index in [2.05, 4.69) is 115 Å². The van der Waals surface area contributed by atoms with Crippen molar-refractivity contribution in [1.82, 2.24) is 19.9 Å². The largest absolute Gasteiger partial charge is 0.469 e. The monoisotopic (exact) mass is 604 g/mol. The summed E-state index contributed by atoms with van der Waals surface area (Å²) in [6, 6.07) is 45.8. The second-order valence-corrected chi connectivity index (χ2v) is 11.8. The Hall–Kier alpha value is -6.20. The SMILES string of the molecule is C1=CC2Oc3nc(-c4ccc5ccccc5c4)cc(-c4nc(-c5ccccc5)nc(-c5ccc(-c6ccccc6)cc5)n4)c3C2C=C1. The lowest BCUT2D eigenvalue weighted by Crippen LogP contribution is -2.16. The standard InChI is InChI=1S/C42H28N4O/c1-3-11-27(12-4-1)29-19-22-31(23-20-29)40-44-39(30-14-5-2-6-15-30)45-41(46-40)35-26-36(33-24-21-28-13-7-8-16-32(28)25-33)43-42-38(35)34-17-9-10-18-37(34)47-42/h1-26,34,37H. The number of aromatic nitrogens is 4. The van der Waals surface area contributed by atoms with E-state index >= 15 is 0 Å². The number of rotatable bonds is 5. The van der Waals surface area contributed by atoms with Gasteiger partial charge in [-0.15, -0.1) is 0 Å². The van der Waals surface area contributed by atoms with Crippen LogP contribution in [-0.2, 0) is 0 Å². The van der Waals surface area contributed by atoms with Crippen molar-refractivity contribution in [2.75, 3.05) is 0 Å². The molecule has 5 heteroatoms. The fraction of sp³-hybridized carbons (Fsp3) is 0.0476. The molecular formula is C42H28N4O. The van der Waals surface area contributed by atoms with E-state index in [0.717, 1.165) is 50.0 Å². The fourth-order valence-electron chi connectivity index (χ4n) is 6.50. The molecule has 7 aromatic rings. The van der Waals surface area contributed by atoms with Crippen molar-refractivity contribution in [1.29, 1.82) is 0 Å². The van der Waals surface area contributed by atoms with Crippen molar-refractivity contribution >= 4 is 10.8 Å². The highest BCUT2D eigenvalue weighted by molar-refractivity contribution is 5.88. The molecule has 222 valence electrons. The highest BCUT2D eigenvalue weighted by atomic mass is 16.5. The quantitative estimate of drug-likeness (QED) is 0.196. The van der Waals surface area contributed by atoms with Crippen molar-refractivity contribution < 1.29 is 4.74 Å². The highest BCUT2D eigenvalue weighted by Gasteiger charge is 2.37. The van der Waals surface area contributed by atoms with Crippen molar-refractivity contribution in [2.24, 2.45) is 0 Å². The Kier molecular flexibility index (Phi) is 6.53. The van der Waals surface area contributed by atoms with Gasteiger partial charge in [-0.2, -0.15) is 0 Å². The first kappa shape index (κ1) is 27.1. The van der Waals surface area contributed by atoms with Crippen LogP contribution >= 0.6 is 0 Å². The summed E-state index contributed by atoms with van der Waals surface area (Å²) >= 11 is 0. The molecule has 1 aliphatic carbocycles. The number of ether oxygens (including phenoxy) is 1. The average Bonchev–Trinajstić information content (AvgIpc) is 3.53. The summed E-state index contributed by atoms with van der Waals surface area (Å²) in [6.07, 6.45) is 8.25. The number of fused-ring (bicyclic) bond motifs is 4. The van der Waals surface area contributed by atoms with E-state index in [1.54, 1.807) is 0 Å². The predicted molar refractivity (Wildman–Crippen MR) is 188 cm³/mol. The minimum atomic E-state index is -0.131. The van der Waals surface area contributed by atoms with Gasteiger partial charge in [0.25, 0.3) is 0 Å². The molecule has 1 aliphatic heterocycles. The van der Waals surface area contributed by atoms with Crippen molar-refractivity contribution in [2.45, 2.75) is 12.0 Å². The van der Waals surface area contributed by atoms with Crippen molar-refractivity contribution in [3.8, 4) is 62.4 Å². The molecule has 2 unspecified atom stereocenters. The molecule has 9 rings (SSSR count). The smallest absolute Gasteiger partial charge is 0.219 e. The number of allylic oxidation sites excluding steroid dienone is 2. The number of nitrogens with zero attached hydrogens (tertiary/aromatic N) is 4. The molecule has 0 saturated carbocycles. The molecule has 2 aromatic heterocycles. The zero-order valence-corrected chi connectivity index (χ0v) is 25.4. The van der Waals surface area contributed by atoms with Gasteiger partial charge in [0, 0.05) is 33.7 Å². The molecule has 0 radical (unpaired) electrons. The third-order valence-corrected chi connectivity index (χ3v) is 8.89. The van der Waals surface area contributed by atoms with Gasteiger partial charge in [-0.1, -0.05) is 140 Å². The van der Waals surface area contributed by atoms with E-state index in [1.165, 1.54) is 5.39 Å². The normalized spacial score (nSPS) is 16.1. The molecule has 47 heavy (non-hydrogen) atoms. The van der Waals surface area contributed by atoms with Crippen LogP contribution in [0.3, 0.4) is 0 Å². The molecule has 0 spiro atoms. The molecule has 0 N–H and O–H groups in total. The van der Waals surface area contributed by atoms with E-state index in [0.29, 0.717) is 23.4 Å². The third kappa shape index (κ3) is 4.99. The van der Waals surface area contributed by atoms with Crippen LogP contribution in [0.5, 0.6) is 5.88 Å². The summed E-state index contributed by atoms with van der Waals surface area (Å²) in [5.41, 5.74) is 7.85. The lowest BCUT2D eigenvalue weighted by Gasteiger charge is -2.16. The molecule has 5 aromatic carbocycles. The number of hydrogen-bond acceptors (Lipinski definition) is 5. The Bertz CT molecular complexity index is 2330. The Morgan fingerprint density at radius 3 is 1.79 bits per heavy atom. The molecule has 2 aliphatic rings. The first-order chi connectivity index (χ1) is 23.3. The Balaban J connectivity index is 1.24. The van der Waals surface area contributed by atoms with Gasteiger partial charge >= 0.3 is 0 Å². The van der Waals surface area contributed by atoms with E-state index in [4.69, 9.17) is 24.7 Å². The minimum absolute atomic E-state index is 0.00806. The molecule has 5 nitrogen and oxygen atoms in total. The third-order valence-electron chi connectivity index (χ3n) is 8.89. The van der Waals surface area contributed by atoms with Crippen LogP contribution < -0.4 is 4.74 Å². The van der Waals surface area contributed by atoms with Crippen LogP contribution in [0.15, 0.2) is 158 Å². The van der Waals surface area contributed by atoms with E-state index in [1.807, 2.05) is 42.5 Å². The van der Waals surface area contributed by atoms with Gasteiger partial charge < -0.3 is 4.74 Å². The predicted octanol–water partition coefficient (Wildman–Crippen LogP) is 9.73. The molecule has 0 saturated heterocycles. The van der Waals surface area contributed by atoms with Gasteiger partial charge in [0.1, 0.15) is 6.10 Å². The summed E-state index contributed by atoms with van der Waals surface area (Å²) in [5.74, 6) is 2.45. The molecule has 3 heterocycles. The summed E-state index contributed by atoms with van der Waals surface area (Å²) in [4.78, 5) is 20.3. The lowest BCUT2D eigenvalue weighted by molar-refractivity contribution is 0.260. The van der Waals surface area contributed by atoms with Gasteiger partial charge in [0.05, 0.1) is 5.69 Å². The first-order valence-corrected chi connectivity index (χ1v) is 15.8. The Labute approximate surface area is 272 Å². The zero-order valence-electron chi connectivity index (χ0n) is 25.4. The molecule has 0 amide bonds. The summed E-state index contributed by atoms with van der Waals surface area (Å²) in [6.45, 7) is 0. The van der Waals surface area contributed by atoms with Gasteiger partial charge in [0.2, 0.25) is 5.88 Å². The molecule has 0 bridgehead atoms. The average molecular weight is 605 g/mol. The summed E-state index contributed by atoms with van der Waals surface area (Å²) < 4.78 is 6.49. The van der Waals surface area contributed by atoms with Crippen molar-refractivity contribution in [3.63, 3.8) is 0 Å². The molecule has 0 fully saturated rings. The van der Waals surface area contributed by atoms with Gasteiger partial charge in [0.15, 0.2) is 17.5 Å². The van der Waals surface area contributed by atoms with Crippen molar-refractivity contribution in [3.05, 3.63) is 163 Å². The van der Waals surface area contributed by atoms with Crippen LogP contribution in [0, 0.1) is 0 Å². The highest BCUT2D eigenvalue weighted by Crippen LogP contribution is 2.46. The number of hydrogen-bond donors (Lipinski definition) is 0. The summed E-state index contributed by atoms with van der Waals surface area (Å²) in [7, 11) is 0. The maximum absolute atomic E-state index is 6.49. The van der Waals surface area contributed by atoms with Crippen LogP contribution in [0.1, 0.15) is 11.5 Å². The Morgan fingerprint density at radius 2 is 1.02 bits per heavy atom. The van der Waals surface area contributed by atoms with Crippen LogP contribution in [0.4, 0.5) is 0 Å². The van der Waals surface area contributed by atoms with E-state index < -0.39 is 0 Å². The number of benzene rings is 5. The zero-order chi connectivity index (χ0) is 31.2. The molecular weight excluding hydrogens is 576 g/mol. The van der Waals surface area contributed by atoms with Gasteiger partial charge in [-0.25, -0.2) is 19.9 Å². The van der Waals surface area contributed by atoms with Crippen LogP contribution in [-0.4, -0.2) is 26.0 Å². The topological polar surface area (TPSA) is 60.8 Å². The maximum Gasteiger partial charge on any atom is 0.219 e. The summed E-state index contributed by atoms with van der Waals surface area (Å²) in [5, 5.41) is 2.34. The van der Waals surface area contributed by atoms with E-state index in [-0.39, 0.29) is 12.0 Å². The molecule has 2 atom stereocenters. The fourth-order valence-corrected chi connectivity index (χ4v) is 6.50. The second kappa shape index (κ2) is 11.3. The number of pyridine rings is 1.